The number of aliphatic carboxylic acids is 1. The molecule has 1 aliphatic heterocycles. The molecule has 1 aromatic heterocycles. The van der Waals surface area contributed by atoms with E-state index in [0.717, 1.165) is 25.1 Å². The van der Waals surface area contributed by atoms with Crippen LogP contribution in [-0.4, -0.2) is 39.6 Å². The molecule has 20 heavy (non-hydrogen) atoms. The van der Waals surface area contributed by atoms with E-state index >= 15 is 0 Å². The molecule has 2 fully saturated rings. The first kappa shape index (κ1) is 14.0. The van der Waals surface area contributed by atoms with Crippen LogP contribution in [-0.2, 0) is 11.2 Å². The molecule has 2 heterocycles. The van der Waals surface area contributed by atoms with E-state index in [0.29, 0.717) is 12.0 Å². The molecule has 0 spiro atoms. The first-order valence-electron chi connectivity index (χ1n) is 7.54. The summed E-state index contributed by atoms with van der Waals surface area (Å²) in [5.74, 6) is -0.0344. The molecule has 110 valence electrons. The van der Waals surface area contributed by atoms with Gasteiger partial charge in [0.05, 0.1) is 11.2 Å². The van der Waals surface area contributed by atoms with Crippen LogP contribution >= 0.6 is 11.3 Å². The molecule has 3 atom stereocenters. The Morgan fingerprint density at radius 2 is 2.30 bits per heavy atom. The second-order valence-corrected chi connectivity index (χ2v) is 6.99. The number of hydrogen-bond acceptors (Lipinski definition) is 4. The van der Waals surface area contributed by atoms with E-state index in [1.54, 1.807) is 11.3 Å². The standard InChI is InChI=1S/C15H22N2O2S/c1-10-14(20-9-16-10)6-7-17-12-5-3-2-4-11(12)8-13(17)15(18)19/h9,11-13H,2-8H2,1H3,(H,18,19)/t11-,12+,13+/m1/s1. The zero-order chi connectivity index (χ0) is 14.1. The van der Waals surface area contributed by atoms with Gasteiger partial charge in [-0.2, -0.15) is 0 Å². The van der Waals surface area contributed by atoms with Crippen LogP contribution in [0.4, 0.5) is 0 Å². The third-order valence-corrected chi connectivity index (χ3v) is 5.94. The number of carbonyl (C=O) groups is 1. The monoisotopic (exact) mass is 294 g/mol. The number of likely N-dealkylation sites (tertiary alicyclic amines) is 1. The van der Waals surface area contributed by atoms with Gasteiger partial charge in [0.25, 0.3) is 0 Å². The molecular weight excluding hydrogens is 272 g/mol. The fourth-order valence-corrected chi connectivity index (χ4v) is 4.68. The Labute approximate surface area is 123 Å². The van der Waals surface area contributed by atoms with Gasteiger partial charge in [0.15, 0.2) is 0 Å². The maximum Gasteiger partial charge on any atom is 0.320 e. The van der Waals surface area contributed by atoms with Crippen molar-refractivity contribution < 1.29 is 9.90 Å². The van der Waals surface area contributed by atoms with Crippen LogP contribution < -0.4 is 0 Å². The molecule has 0 aromatic carbocycles. The first-order valence-corrected chi connectivity index (χ1v) is 8.42. The average Bonchev–Trinajstić information content (AvgIpc) is 3.00. The number of carboxylic acids is 1. The molecule has 5 heteroatoms. The molecule has 1 N–H and O–H groups in total. The minimum absolute atomic E-state index is 0.267. The molecule has 1 saturated heterocycles. The third-order valence-electron chi connectivity index (χ3n) is 4.95. The second-order valence-electron chi connectivity index (χ2n) is 6.05. The van der Waals surface area contributed by atoms with Gasteiger partial charge < -0.3 is 5.11 Å². The highest BCUT2D eigenvalue weighted by atomic mass is 32.1. The van der Waals surface area contributed by atoms with Crippen molar-refractivity contribution in [3.8, 4) is 0 Å². The molecule has 0 unspecified atom stereocenters. The Hall–Kier alpha value is -0.940. The van der Waals surface area contributed by atoms with Crippen molar-refractivity contribution >= 4 is 17.3 Å². The minimum atomic E-state index is -0.638. The minimum Gasteiger partial charge on any atom is -0.480 e. The van der Waals surface area contributed by atoms with E-state index < -0.39 is 5.97 Å². The van der Waals surface area contributed by atoms with Crippen LogP contribution in [0.15, 0.2) is 5.51 Å². The van der Waals surface area contributed by atoms with Crippen molar-refractivity contribution in [2.75, 3.05) is 6.54 Å². The highest BCUT2D eigenvalue weighted by molar-refractivity contribution is 7.09. The van der Waals surface area contributed by atoms with E-state index in [1.807, 2.05) is 12.4 Å². The fourth-order valence-electron chi connectivity index (χ4n) is 3.91. The van der Waals surface area contributed by atoms with Gasteiger partial charge in [0, 0.05) is 17.5 Å². The van der Waals surface area contributed by atoms with Crippen LogP contribution in [0.25, 0.3) is 0 Å². The SMILES string of the molecule is Cc1ncsc1CCN1[C@H](C(=O)O)C[C@H]2CCCC[C@@H]21. The summed E-state index contributed by atoms with van der Waals surface area (Å²) in [6.45, 7) is 2.90. The van der Waals surface area contributed by atoms with Gasteiger partial charge in [-0.1, -0.05) is 12.8 Å². The largest absolute Gasteiger partial charge is 0.480 e. The van der Waals surface area contributed by atoms with E-state index in [2.05, 4.69) is 9.88 Å². The van der Waals surface area contributed by atoms with Gasteiger partial charge in [0.1, 0.15) is 6.04 Å². The van der Waals surface area contributed by atoms with E-state index in [9.17, 15) is 9.90 Å². The van der Waals surface area contributed by atoms with Crippen molar-refractivity contribution in [1.82, 2.24) is 9.88 Å². The number of carboxylic acid groups (broad SMARTS) is 1. The Bertz CT molecular complexity index is 488. The number of thiazole rings is 1. The lowest BCUT2D eigenvalue weighted by Crippen LogP contribution is -2.43. The highest BCUT2D eigenvalue weighted by Gasteiger charge is 2.44. The van der Waals surface area contributed by atoms with Gasteiger partial charge in [-0.25, -0.2) is 4.98 Å². The number of nitrogens with zero attached hydrogens (tertiary/aromatic N) is 2. The maximum atomic E-state index is 11.5. The molecular formula is C15H22N2O2S. The lowest BCUT2D eigenvalue weighted by Gasteiger charge is -2.32. The third kappa shape index (κ3) is 2.61. The number of fused-ring (bicyclic) bond motifs is 1. The summed E-state index contributed by atoms with van der Waals surface area (Å²) in [6.07, 6.45) is 6.70. The van der Waals surface area contributed by atoms with E-state index in [1.165, 1.54) is 30.6 Å². The Morgan fingerprint density at radius 3 is 3.00 bits per heavy atom. The molecule has 0 radical (unpaired) electrons. The van der Waals surface area contributed by atoms with Gasteiger partial charge in [0.2, 0.25) is 0 Å². The molecule has 1 aromatic rings. The average molecular weight is 294 g/mol. The van der Waals surface area contributed by atoms with E-state index in [-0.39, 0.29) is 6.04 Å². The van der Waals surface area contributed by atoms with Gasteiger partial charge >= 0.3 is 5.97 Å². The summed E-state index contributed by atoms with van der Waals surface area (Å²) in [4.78, 5) is 19.4. The molecule has 4 nitrogen and oxygen atoms in total. The van der Waals surface area contributed by atoms with Crippen molar-refractivity contribution in [2.24, 2.45) is 5.92 Å². The summed E-state index contributed by atoms with van der Waals surface area (Å²) >= 11 is 1.69. The summed E-state index contributed by atoms with van der Waals surface area (Å²) in [5, 5.41) is 9.49. The Balaban J connectivity index is 1.71. The van der Waals surface area contributed by atoms with Crippen LogP contribution in [0.5, 0.6) is 0 Å². The summed E-state index contributed by atoms with van der Waals surface area (Å²) in [7, 11) is 0. The second kappa shape index (κ2) is 5.82. The molecule has 1 saturated carbocycles. The van der Waals surface area contributed by atoms with Crippen molar-refractivity contribution in [1.29, 1.82) is 0 Å². The predicted molar refractivity (Wildman–Crippen MR) is 79.0 cm³/mol. The quantitative estimate of drug-likeness (QED) is 0.927. The Kier molecular flexibility index (Phi) is 4.08. The predicted octanol–water partition coefficient (Wildman–Crippen LogP) is 2.71. The normalized spacial score (nSPS) is 30.4. The zero-order valence-electron chi connectivity index (χ0n) is 11.9. The van der Waals surface area contributed by atoms with Crippen molar-refractivity contribution in [2.45, 2.75) is 57.5 Å². The van der Waals surface area contributed by atoms with E-state index in [4.69, 9.17) is 0 Å². The maximum absolute atomic E-state index is 11.5. The smallest absolute Gasteiger partial charge is 0.320 e. The van der Waals surface area contributed by atoms with Gasteiger partial charge in [-0.05, 0) is 38.5 Å². The summed E-state index contributed by atoms with van der Waals surface area (Å²) in [5.41, 5.74) is 2.98. The molecule has 2 aliphatic rings. The van der Waals surface area contributed by atoms with Crippen molar-refractivity contribution in [3.63, 3.8) is 0 Å². The number of aromatic nitrogens is 1. The molecule has 3 rings (SSSR count). The van der Waals surface area contributed by atoms with Crippen LogP contribution in [0.2, 0.25) is 0 Å². The summed E-state index contributed by atoms with van der Waals surface area (Å²) in [6, 6.07) is 0.231. The lowest BCUT2D eigenvalue weighted by molar-refractivity contribution is -0.142. The first-order chi connectivity index (χ1) is 9.66. The highest BCUT2D eigenvalue weighted by Crippen LogP contribution is 2.39. The zero-order valence-corrected chi connectivity index (χ0v) is 12.7. The molecule has 0 bridgehead atoms. The number of aryl methyl sites for hydroxylation is 1. The molecule has 0 amide bonds. The van der Waals surface area contributed by atoms with Crippen molar-refractivity contribution in [3.05, 3.63) is 16.1 Å². The topological polar surface area (TPSA) is 53.4 Å². The van der Waals surface area contributed by atoms with Gasteiger partial charge in [-0.15, -0.1) is 11.3 Å². The van der Waals surface area contributed by atoms with Gasteiger partial charge in [-0.3, -0.25) is 9.69 Å². The van der Waals surface area contributed by atoms with Crippen LogP contribution in [0.1, 0.15) is 42.7 Å². The number of rotatable bonds is 4. The fraction of sp³-hybridized carbons (Fsp3) is 0.733. The molecule has 1 aliphatic carbocycles. The number of hydrogen-bond donors (Lipinski definition) is 1. The summed E-state index contributed by atoms with van der Waals surface area (Å²) < 4.78 is 0. The van der Waals surface area contributed by atoms with Crippen LogP contribution in [0.3, 0.4) is 0 Å². The Morgan fingerprint density at radius 1 is 1.50 bits per heavy atom. The van der Waals surface area contributed by atoms with Crippen LogP contribution in [0, 0.1) is 12.8 Å². The lowest BCUT2D eigenvalue weighted by atomic mass is 9.85.